The summed E-state index contributed by atoms with van der Waals surface area (Å²) in [5.74, 6) is 3.43. The third-order valence-electron chi connectivity index (χ3n) is 6.13. The van der Waals surface area contributed by atoms with E-state index in [2.05, 4.69) is 15.7 Å². The maximum Gasteiger partial charge on any atom is 0.253 e. The summed E-state index contributed by atoms with van der Waals surface area (Å²) < 4.78 is 8.01. The zero-order valence-electron chi connectivity index (χ0n) is 15.8. The molecule has 1 saturated carbocycles. The van der Waals surface area contributed by atoms with E-state index in [9.17, 15) is 4.79 Å². The van der Waals surface area contributed by atoms with Crippen LogP contribution in [0, 0.1) is 5.92 Å². The van der Waals surface area contributed by atoms with Gasteiger partial charge in [-0.15, -0.1) is 0 Å². The van der Waals surface area contributed by atoms with Crippen LogP contribution in [0.15, 0.2) is 30.6 Å². The largest absolute Gasteiger partial charge is 0.493 e. The number of benzene rings is 1. The number of ether oxygens (including phenoxy) is 1. The molecule has 1 aliphatic carbocycles. The van der Waals surface area contributed by atoms with Crippen molar-refractivity contribution in [3.63, 3.8) is 0 Å². The molecule has 2 fully saturated rings. The Morgan fingerprint density at radius 3 is 3.04 bits per heavy atom. The molecule has 1 amide bonds. The first-order valence-electron chi connectivity index (χ1n) is 10.3. The summed E-state index contributed by atoms with van der Waals surface area (Å²) in [6, 6.07) is 5.92. The highest BCUT2D eigenvalue weighted by atomic mass is 16.5. The van der Waals surface area contributed by atoms with Crippen LogP contribution in [0.1, 0.15) is 59.8 Å². The molecule has 5 nitrogen and oxygen atoms in total. The zero-order chi connectivity index (χ0) is 18.2. The average molecular weight is 365 g/mol. The molecule has 5 heteroatoms. The molecule has 142 valence electrons. The summed E-state index contributed by atoms with van der Waals surface area (Å²) in [6.07, 6.45) is 10.9. The molecule has 0 spiro atoms. The van der Waals surface area contributed by atoms with Crippen molar-refractivity contribution in [2.24, 2.45) is 5.92 Å². The molecule has 2 aromatic rings. The van der Waals surface area contributed by atoms with E-state index >= 15 is 0 Å². The van der Waals surface area contributed by atoms with Crippen LogP contribution in [0.3, 0.4) is 0 Å². The van der Waals surface area contributed by atoms with E-state index in [1.165, 1.54) is 24.2 Å². The van der Waals surface area contributed by atoms with E-state index < -0.39 is 0 Å². The van der Waals surface area contributed by atoms with E-state index in [-0.39, 0.29) is 5.91 Å². The van der Waals surface area contributed by atoms with Crippen molar-refractivity contribution in [1.29, 1.82) is 0 Å². The SMILES string of the molecule is O=C(c1ccc2c(c1)CCCO2)N1CCCC(c2nccn2CC2CC2)C1. The highest BCUT2D eigenvalue weighted by Gasteiger charge is 2.30. The molecule has 1 saturated heterocycles. The van der Waals surface area contributed by atoms with Crippen LogP contribution in [-0.2, 0) is 13.0 Å². The molecule has 27 heavy (non-hydrogen) atoms. The van der Waals surface area contributed by atoms with Crippen LogP contribution in [0.4, 0.5) is 0 Å². The molecule has 1 atom stereocenters. The lowest BCUT2D eigenvalue weighted by atomic mass is 9.95. The Bertz CT molecular complexity index is 840. The molecule has 3 aliphatic rings. The van der Waals surface area contributed by atoms with Gasteiger partial charge < -0.3 is 14.2 Å². The fourth-order valence-corrected chi connectivity index (χ4v) is 4.46. The van der Waals surface area contributed by atoms with E-state index in [4.69, 9.17) is 4.74 Å². The average Bonchev–Trinajstić information content (AvgIpc) is 3.42. The van der Waals surface area contributed by atoms with Gasteiger partial charge in [-0.2, -0.15) is 0 Å². The summed E-state index contributed by atoms with van der Waals surface area (Å²) in [5, 5.41) is 0. The Hall–Kier alpha value is -2.30. The second kappa shape index (κ2) is 7.02. The van der Waals surface area contributed by atoms with Crippen molar-refractivity contribution in [2.75, 3.05) is 19.7 Å². The third kappa shape index (κ3) is 3.47. The highest BCUT2D eigenvalue weighted by molar-refractivity contribution is 5.94. The summed E-state index contributed by atoms with van der Waals surface area (Å²) in [7, 11) is 0. The molecular weight excluding hydrogens is 338 g/mol. The minimum atomic E-state index is 0.147. The molecule has 2 aliphatic heterocycles. The minimum absolute atomic E-state index is 0.147. The molecule has 5 rings (SSSR count). The van der Waals surface area contributed by atoms with E-state index in [0.717, 1.165) is 69.2 Å². The van der Waals surface area contributed by atoms with Crippen LogP contribution in [0.5, 0.6) is 5.75 Å². The highest BCUT2D eigenvalue weighted by Crippen LogP contribution is 2.33. The van der Waals surface area contributed by atoms with Crippen LogP contribution in [0.25, 0.3) is 0 Å². The number of fused-ring (bicyclic) bond motifs is 1. The lowest BCUT2D eigenvalue weighted by Gasteiger charge is -2.33. The Balaban J connectivity index is 1.32. The Morgan fingerprint density at radius 2 is 2.15 bits per heavy atom. The molecule has 3 heterocycles. The lowest BCUT2D eigenvalue weighted by Crippen LogP contribution is -2.39. The second-order valence-corrected chi connectivity index (χ2v) is 8.25. The number of nitrogens with zero attached hydrogens (tertiary/aromatic N) is 3. The van der Waals surface area contributed by atoms with E-state index in [1.807, 2.05) is 29.3 Å². The standard InChI is InChI=1S/C22H27N3O2/c26-22(18-7-8-20-17(13-18)4-2-12-27-20)25-10-1-3-19(15-25)21-23-9-11-24(21)14-16-5-6-16/h7-9,11,13,16,19H,1-6,10,12,14-15H2. The Labute approximate surface area is 160 Å². The van der Waals surface area contributed by atoms with Crippen molar-refractivity contribution in [2.45, 2.75) is 51.0 Å². The van der Waals surface area contributed by atoms with Crippen LogP contribution < -0.4 is 4.74 Å². The molecule has 0 bridgehead atoms. The number of imidazole rings is 1. The van der Waals surface area contributed by atoms with Gasteiger partial charge in [0.05, 0.1) is 6.61 Å². The van der Waals surface area contributed by atoms with Crippen molar-refractivity contribution >= 4 is 5.91 Å². The number of rotatable bonds is 4. The van der Waals surface area contributed by atoms with Crippen molar-refractivity contribution in [3.8, 4) is 5.75 Å². The molecule has 0 radical (unpaired) electrons. The minimum Gasteiger partial charge on any atom is -0.493 e. The predicted octanol–water partition coefficient (Wildman–Crippen LogP) is 3.64. The normalized spacial score (nSPS) is 22.2. The fourth-order valence-electron chi connectivity index (χ4n) is 4.46. The maximum atomic E-state index is 13.1. The van der Waals surface area contributed by atoms with Gasteiger partial charge in [0.25, 0.3) is 5.91 Å². The van der Waals surface area contributed by atoms with Crippen LogP contribution >= 0.6 is 0 Å². The molecule has 1 aromatic carbocycles. The number of likely N-dealkylation sites (tertiary alicyclic amines) is 1. The number of carbonyl (C=O) groups is 1. The van der Waals surface area contributed by atoms with Gasteiger partial charge in [-0.1, -0.05) is 0 Å². The first-order chi connectivity index (χ1) is 13.3. The monoisotopic (exact) mass is 365 g/mol. The second-order valence-electron chi connectivity index (χ2n) is 8.25. The summed E-state index contributed by atoms with van der Waals surface area (Å²) >= 11 is 0. The van der Waals surface area contributed by atoms with Gasteiger partial charge in [0.2, 0.25) is 0 Å². The number of aryl methyl sites for hydroxylation is 1. The predicted molar refractivity (Wildman–Crippen MR) is 103 cm³/mol. The quantitative estimate of drug-likeness (QED) is 0.831. The topological polar surface area (TPSA) is 47.4 Å². The third-order valence-corrected chi connectivity index (χ3v) is 6.13. The van der Waals surface area contributed by atoms with Crippen molar-refractivity contribution in [1.82, 2.24) is 14.5 Å². The number of hydrogen-bond acceptors (Lipinski definition) is 3. The molecule has 1 aromatic heterocycles. The van der Waals surface area contributed by atoms with Gasteiger partial charge in [-0.25, -0.2) is 4.98 Å². The first-order valence-corrected chi connectivity index (χ1v) is 10.3. The smallest absolute Gasteiger partial charge is 0.253 e. The number of carbonyl (C=O) groups excluding carboxylic acids is 1. The Morgan fingerprint density at radius 1 is 1.22 bits per heavy atom. The van der Waals surface area contributed by atoms with Crippen LogP contribution in [0.2, 0.25) is 0 Å². The molecule has 1 unspecified atom stereocenters. The van der Waals surface area contributed by atoms with Gasteiger partial charge >= 0.3 is 0 Å². The van der Waals surface area contributed by atoms with E-state index in [0.29, 0.717) is 5.92 Å². The van der Waals surface area contributed by atoms with Gasteiger partial charge in [-0.3, -0.25) is 4.79 Å². The summed E-state index contributed by atoms with van der Waals surface area (Å²) in [6.45, 7) is 3.48. The maximum absolute atomic E-state index is 13.1. The first kappa shape index (κ1) is 16.8. The lowest BCUT2D eigenvalue weighted by molar-refractivity contribution is 0.0703. The van der Waals surface area contributed by atoms with Crippen molar-refractivity contribution < 1.29 is 9.53 Å². The van der Waals surface area contributed by atoms with Gasteiger partial charge in [0.1, 0.15) is 11.6 Å². The summed E-state index contributed by atoms with van der Waals surface area (Å²) in [4.78, 5) is 19.8. The molecular formula is C22H27N3O2. The number of hydrogen-bond donors (Lipinski definition) is 0. The number of piperidine rings is 1. The fraction of sp³-hybridized carbons (Fsp3) is 0.545. The number of amides is 1. The van der Waals surface area contributed by atoms with Crippen LogP contribution in [-0.4, -0.2) is 40.1 Å². The summed E-state index contributed by atoms with van der Waals surface area (Å²) in [5.41, 5.74) is 1.96. The van der Waals surface area contributed by atoms with Gasteiger partial charge in [0.15, 0.2) is 0 Å². The van der Waals surface area contributed by atoms with Gasteiger partial charge in [-0.05, 0) is 68.2 Å². The Kier molecular flexibility index (Phi) is 4.38. The number of aromatic nitrogens is 2. The zero-order valence-corrected chi connectivity index (χ0v) is 15.8. The molecule has 0 N–H and O–H groups in total. The van der Waals surface area contributed by atoms with Gasteiger partial charge in [0, 0.05) is 43.5 Å². The van der Waals surface area contributed by atoms with E-state index in [1.54, 1.807) is 0 Å². The van der Waals surface area contributed by atoms with Crippen molar-refractivity contribution in [3.05, 3.63) is 47.5 Å².